The first-order chi connectivity index (χ1) is 6.65. The second-order valence-electron chi connectivity index (χ2n) is 2.97. The van der Waals surface area contributed by atoms with E-state index in [2.05, 4.69) is 27.9 Å². The summed E-state index contributed by atoms with van der Waals surface area (Å²) < 4.78 is 1.15. The number of carbonyl (C=O) groups is 1. The molecule has 0 unspecified atom stereocenters. The minimum absolute atomic E-state index is 0.0967. The van der Waals surface area contributed by atoms with E-state index >= 15 is 0 Å². The SMILES string of the molecule is CNCCN(C)C(=O)c1csc(I)c1. The molecular weight excluding hydrogens is 311 g/mol. The molecule has 0 bridgehead atoms. The Labute approximate surface area is 102 Å². The van der Waals surface area contributed by atoms with Crippen LogP contribution in [0.2, 0.25) is 0 Å². The highest BCUT2D eigenvalue weighted by molar-refractivity contribution is 14.1. The second-order valence-corrected chi connectivity index (χ2v) is 5.78. The summed E-state index contributed by atoms with van der Waals surface area (Å²) in [6.07, 6.45) is 0. The first-order valence-electron chi connectivity index (χ1n) is 4.29. The predicted molar refractivity (Wildman–Crippen MR) is 67.9 cm³/mol. The van der Waals surface area contributed by atoms with Crippen LogP contribution in [0, 0.1) is 2.88 Å². The highest BCUT2D eigenvalue weighted by atomic mass is 127. The van der Waals surface area contributed by atoms with E-state index in [1.807, 2.05) is 25.5 Å². The van der Waals surface area contributed by atoms with Gasteiger partial charge in [-0.1, -0.05) is 0 Å². The summed E-state index contributed by atoms with van der Waals surface area (Å²) in [6, 6.07) is 1.92. The normalized spacial score (nSPS) is 10.2. The van der Waals surface area contributed by atoms with E-state index in [0.29, 0.717) is 0 Å². The molecule has 3 nitrogen and oxygen atoms in total. The smallest absolute Gasteiger partial charge is 0.254 e. The molecule has 1 N–H and O–H groups in total. The number of amides is 1. The molecule has 1 amide bonds. The third-order valence-electron chi connectivity index (χ3n) is 1.86. The van der Waals surface area contributed by atoms with Gasteiger partial charge < -0.3 is 10.2 Å². The van der Waals surface area contributed by atoms with E-state index in [1.165, 1.54) is 0 Å². The summed E-state index contributed by atoms with van der Waals surface area (Å²) in [6.45, 7) is 1.56. The lowest BCUT2D eigenvalue weighted by molar-refractivity contribution is 0.0797. The predicted octanol–water partition coefficient (Wildman–Crippen LogP) is 1.64. The molecule has 0 fully saturated rings. The quantitative estimate of drug-likeness (QED) is 0.854. The van der Waals surface area contributed by atoms with Crippen LogP contribution in [-0.2, 0) is 0 Å². The average molecular weight is 324 g/mol. The van der Waals surface area contributed by atoms with Crippen molar-refractivity contribution >= 4 is 39.8 Å². The van der Waals surface area contributed by atoms with Crippen molar-refractivity contribution < 1.29 is 4.79 Å². The number of hydrogen-bond acceptors (Lipinski definition) is 3. The monoisotopic (exact) mass is 324 g/mol. The summed E-state index contributed by atoms with van der Waals surface area (Å²) >= 11 is 3.82. The van der Waals surface area contributed by atoms with Crippen LogP contribution < -0.4 is 5.32 Å². The Kier molecular flexibility index (Phi) is 4.83. The lowest BCUT2D eigenvalue weighted by Gasteiger charge is -2.15. The van der Waals surface area contributed by atoms with Crippen molar-refractivity contribution in [3.63, 3.8) is 0 Å². The van der Waals surface area contributed by atoms with Gasteiger partial charge >= 0.3 is 0 Å². The number of nitrogens with zero attached hydrogens (tertiary/aromatic N) is 1. The third kappa shape index (κ3) is 3.21. The molecule has 1 rings (SSSR count). The molecule has 0 aliphatic rings. The summed E-state index contributed by atoms with van der Waals surface area (Å²) in [5, 5.41) is 4.92. The Morgan fingerprint density at radius 1 is 1.71 bits per heavy atom. The van der Waals surface area contributed by atoms with Crippen LogP contribution in [0.25, 0.3) is 0 Å². The summed E-state index contributed by atoms with van der Waals surface area (Å²) in [5.41, 5.74) is 0.790. The molecule has 0 saturated heterocycles. The molecule has 1 aromatic rings. The first kappa shape index (κ1) is 11.9. The zero-order valence-electron chi connectivity index (χ0n) is 8.21. The number of nitrogens with one attached hydrogen (secondary N) is 1. The van der Waals surface area contributed by atoms with Gasteiger partial charge in [0.15, 0.2) is 0 Å². The van der Waals surface area contributed by atoms with Crippen LogP contribution in [0.5, 0.6) is 0 Å². The van der Waals surface area contributed by atoms with E-state index in [-0.39, 0.29) is 5.91 Å². The van der Waals surface area contributed by atoms with Gasteiger partial charge in [0.05, 0.1) is 8.45 Å². The van der Waals surface area contributed by atoms with Gasteiger partial charge in [-0.2, -0.15) is 0 Å². The molecule has 78 valence electrons. The Morgan fingerprint density at radius 2 is 2.43 bits per heavy atom. The second kappa shape index (κ2) is 5.67. The van der Waals surface area contributed by atoms with Crippen molar-refractivity contribution in [3.8, 4) is 0 Å². The zero-order valence-corrected chi connectivity index (χ0v) is 11.2. The highest BCUT2D eigenvalue weighted by Gasteiger charge is 2.12. The van der Waals surface area contributed by atoms with Crippen LogP contribution in [0.15, 0.2) is 11.4 Å². The number of thiophene rings is 1. The van der Waals surface area contributed by atoms with Crippen molar-refractivity contribution in [3.05, 3.63) is 19.9 Å². The summed E-state index contributed by atoms with van der Waals surface area (Å²) in [4.78, 5) is 13.5. The van der Waals surface area contributed by atoms with Gasteiger partial charge in [-0.15, -0.1) is 11.3 Å². The van der Waals surface area contributed by atoms with E-state index in [0.717, 1.165) is 21.5 Å². The fourth-order valence-electron chi connectivity index (χ4n) is 1.02. The fourth-order valence-corrected chi connectivity index (χ4v) is 2.34. The first-order valence-corrected chi connectivity index (χ1v) is 6.25. The molecule has 1 heterocycles. The molecule has 0 spiro atoms. The molecule has 0 aliphatic heterocycles. The number of hydrogen-bond donors (Lipinski definition) is 1. The Morgan fingerprint density at radius 3 is 2.93 bits per heavy atom. The largest absolute Gasteiger partial charge is 0.340 e. The van der Waals surface area contributed by atoms with Gasteiger partial charge in [0.1, 0.15) is 0 Å². The van der Waals surface area contributed by atoms with Gasteiger partial charge in [-0.05, 0) is 35.7 Å². The number of halogens is 1. The summed E-state index contributed by atoms with van der Waals surface area (Å²) in [7, 11) is 3.70. The van der Waals surface area contributed by atoms with Crippen molar-refractivity contribution in [1.82, 2.24) is 10.2 Å². The van der Waals surface area contributed by atoms with Crippen LogP contribution in [0.3, 0.4) is 0 Å². The molecule has 5 heteroatoms. The van der Waals surface area contributed by atoms with Crippen molar-refractivity contribution in [1.29, 1.82) is 0 Å². The lowest BCUT2D eigenvalue weighted by atomic mass is 10.3. The maximum atomic E-state index is 11.8. The van der Waals surface area contributed by atoms with E-state index in [9.17, 15) is 4.79 Å². The minimum Gasteiger partial charge on any atom is -0.340 e. The van der Waals surface area contributed by atoms with Crippen LogP contribution in [0.1, 0.15) is 10.4 Å². The van der Waals surface area contributed by atoms with Gasteiger partial charge in [0.25, 0.3) is 5.91 Å². The molecule has 0 atom stereocenters. The van der Waals surface area contributed by atoms with Crippen molar-refractivity contribution in [2.24, 2.45) is 0 Å². The fraction of sp³-hybridized carbons (Fsp3) is 0.444. The standard InChI is InChI=1S/C9H13IN2OS/c1-11-3-4-12(2)9(13)7-5-8(10)14-6-7/h5-6,11H,3-4H2,1-2H3. The Hall–Kier alpha value is -0.140. The number of likely N-dealkylation sites (N-methyl/N-ethyl adjacent to an activating group) is 2. The molecule has 0 saturated carbocycles. The van der Waals surface area contributed by atoms with E-state index in [4.69, 9.17) is 0 Å². The van der Waals surface area contributed by atoms with Gasteiger partial charge in [-0.25, -0.2) is 0 Å². The molecule has 0 aromatic carbocycles. The maximum absolute atomic E-state index is 11.8. The highest BCUT2D eigenvalue weighted by Crippen LogP contribution is 2.17. The van der Waals surface area contributed by atoms with Gasteiger partial charge in [0.2, 0.25) is 0 Å². The van der Waals surface area contributed by atoms with Gasteiger partial charge in [0, 0.05) is 25.5 Å². The lowest BCUT2D eigenvalue weighted by Crippen LogP contribution is -2.32. The Balaban J connectivity index is 2.56. The average Bonchev–Trinajstić information content (AvgIpc) is 2.60. The molecule has 0 radical (unpaired) electrons. The number of rotatable bonds is 4. The van der Waals surface area contributed by atoms with Crippen molar-refractivity contribution in [2.45, 2.75) is 0 Å². The van der Waals surface area contributed by atoms with E-state index < -0.39 is 0 Å². The third-order valence-corrected chi connectivity index (χ3v) is 3.65. The summed E-state index contributed by atoms with van der Waals surface area (Å²) in [5.74, 6) is 0.0967. The van der Waals surface area contributed by atoms with Crippen LogP contribution >= 0.6 is 33.9 Å². The zero-order chi connectivity index (χ0) is 10.6. The Bertz CT molecular complexity index is 314. The van der Waals surface area contributed by atoms with Crippen LogP contribution in [0.4, 0.5) is 0 Å². The molecular formula is C9H13IN2OS. The molecule has 1 aromatic heterocycles. The van der Waals surface area contributed by atoms with E-state index in [1.54, 1.807) is 16.2 Å². The minimum atomic E-state index is 0.0967. The van der Waals surface area contributed by atoms with Crippen molar-refractivity contribution in [2.75, 3.05) is 27.2 Å². The topological polar surface area (TPSA) is 32.3 Å². The van der Waals surface area contributed by atoms with Gasteiger partial charge in [-0.3, -0.25) is 4.79 Å². The van der Waals surface area contributed by atoms with Crippen LogP contribution in [-0.4, -0.2) is 38.0 Å². The number of carbonyl (C=O) groups excluding carboxylic acids is 1. The maximum Gasteiger partial charge on any atom is 0.254 e. The molecule has 0 aliphatic carbocycles. The molecule has 14 heavy (non-hydrogen) atoms.